The van der Waals surface area contributed by atoms with Crippen LogP contribution in [0.1, 0.15) is 0 Å². The van der Waals surface area contributed by atoms with Gasteiger partial charge in [-0.05, 0) is 58.7 Å². The smallest absolute Gasteiger partial charge is 0.118 e. The van der Waals surface area contributed by atoms with Crippen LogP contribution in [0.3, 0.4) is 0 Å². The molecule has 4 heterocycles. The van der Waals surface area contributed by atoms with Crippen LogP contribution in [0.4, 0.5) is 0 Å². The van der Waals surface area contributed by atoms with E-state index >= 15 is 0 Å². The minimum Gasteiger partial charge on any atom is -0.303 e. The molecule has 6 heteroatoms. The molecule has 0 radical (unpaired) electrons. The number of rotatable bonds is 3. The van der Waals surface area contributed by atoms with E-state index < -0.39 is 0 Å². The van der Waals surface area contributed by atoms with E-state index in [2.05, 4.69) is 115 Å². The molecule has 0 aliphatic carbocycles. The van der Waals surface area contributed by atoms with Crippen molar-refractivity contribution in [1.82, 2.24) is 24.5 Å². The Morgan fingerprint density at radius 2 is 1.16 bits per heavy atom. The van der Waals surface area contributed by atoms with Crippen molar-refractivity contribution in [2.45, 2.75) is 0 Å². The monoisotopic (exact) mass is 505 g/mol. The molecule has 8 rings (SSSR count). The Labute approximate surface area is 221 Å². The molecule has 38 heavy (non-hydrogen) atoms. The van der Waals surface area contributed by atoms with Gasteiger partial charge in [-0.3, -0.25) is 0 Å². The van der Waals surface area contributed by atoms with Crippen LogP contribution < -0.4 is 0 Å². The highest BCUT2D eigenvalue weighted by Crippen LogP contribution is 2.37. The lowest BCUT2D eigenvalue weighted by atomic mass is 9.97. The Morgan fingerprint density at radius 3 is 1.92 bits per heavy atom. The Kier molecular flexibility index (Phi) is 4.62. The van der Waals surface area contributed by atoms with Gasteiger partial charge in [-0.1, -0.05) is 54.6 Å². The maximum atomic E-state index is 4.50. The van der Waals surface area contributed by atoms with Crippen LogP contribution in [-0.2, 0) is 0 Å². The molecule has 0 saturated carbocycles. The summed E-state index contributed by atoms with van der Waals surface area (Å²) in [5.41, 5.74) is 9.18. The Balaban J connectivity index is 1.25. The maximum Gasteiger partial charge on any atom is 0.118 e. The van der Waals surface area contributed by atoms with Crippen molar-refractivity contribution < 1.29 is 0 Å². The quantitative estimate of drug-likeness (QED) is 0.244. The fraction of sp³-hybridized carbons (Fsp3) is 0. The third-order valence-electron chi connectivity index (χ3n) is 7.10. The normalized spacial score (nSPS) is 11.7. The molecule has 0 saturated heterocycles. The number of hydrogen-bond acceptors (Lipinski definition) is 5. The van der Waals surface area contributed by atoms with Crippen molar-refractivity contribution >= 4 is 53.6 Å². The number of thiophene rings is 1. The largest absolute Gasteiger partial charge is 0.303 e. The first kappa shape index (κ1) is 21.2. The summed E-state index contributed by atoms with van der Waals surface area (Å²) >= 11 is 1.85. The van der Waals surface area contributed by atoms with Crippen molar-refractivity contribution in [1.29, 1.82) is 0 Å². The molecule has 5 nitrogen and oxygen atoms in total. The molecular formula is C32H19N5S. The van der Waals surface area contributed by atoms with Gasteiger partial charge in [-0.2, -0.15) is 0 Å². The standard InChI is InChI=1S/C32H19N5S/c1-2-10-29-25(9-1)26-15-23(11-12-30(26)38-29)21-6-3-5-20(13-21)22-7-4-8-24(14-22)37-27-16-33-18-35-31(27)32-28(37)17-34-19-36-32/h1-19H. The molecule has 0 amide bonds. The Morgan fingerprint density at radius 1 is 0.526 bits per heavy atom. The average Bonchev–Trinajstić information content (AvgIpc) is 3.53. The van der Waals surface area contributed by atoms with Gasteiger partial charge in [0.25, 0.3) is 0 Å². The van der Waals surface area contributed by atoms with Crippen molar-refractivity contribution in [3.05, 3.63) is 116 Å². The van der Waals surface area contributed by atoms with E-state index in [1.54, 1.807) is 12.7 Å². The van der Waals surface area contributed by atoms with E-state index in [9.17, 15) is 0 Å². The van der Waals surface area contributed by atoms with Gasteiger partial charge >= 0.3 is 0 Å². The molecule has 0 aliphatic rings. The highest BCUT2D eigenvalue weighted by Gasteiger charge is 2.15. The molecule has 4 aromatic heterocycles. The summed E-state index contributed by atoms with van der Waals surface area (Å²) in [6.45, 7) is 0. The zero-order valence-corrected chi connectivity index (χ0v) is 20.9. The molecule has 0 aliphatic heterocycles. The van der Waals surface area contributed by atoms with Gasteiger partial charge < -0.3 is 4.57 Å². The summed E-state index contributed by atoms with van der Waals surface area (Å²) < 4.78 is 4.78. The first-order valence-corrected chi connectivity index (χ1v) is 13.2. The molecule has 0 atom stereocenters. The van der Waals surface area contributed by atoms with Crippen molar-refractivity contribution in [3.63, 3.8) is 0 Å². The maximum absolute atomic E-state index is 4.50. The van der Waals surface area contributed by atoms with E-state index in [-0.39, 0.29) is 0 Å². The van der Waals surface area contributed by atoms with E-state index in [1.807, 2.05) is 23.7 Å². The zero-order chi connectivity index (χ0) is 25.1. The minimum atomic E-state index is 0.821. The number of aromatic nitrogens is 5. The molecule has 0 N–H and O–H groups in total. The van der Waals surface area contributed by atoms with Gasteiger partial charge in [0.2, 0.25) is 0 Å². The minimum absolute atomic E-state index is 0.821. The van der Waals surface area contributed by atoms with Crippen LogP contribution in [0.25, 0.3) is 70.2 Å². The van der Waals surface area contributed by atoms with Crippen molar-refractivity contribution in [2.75, 3.05) is 0 Å². The summed E-state index contributed by atoms with van der Waals surface area (Å²) in [6.07, 6.45) is 6.79. The fourth-order valence-electron chi connectivity index (χ4n) is 5.35. The van der Waals surface area contributed by atoms with E-state index in [0.29, 0.717) is 0 Å². The SMILES string of the molecule is c1cc(-c2cccc(-n3c4cncnc4c4ncncc43)c2)cc(-c2ccc3sc4ccccc4c3c2)c1. The van der Waals surface area contributed by atoms with Crippen LogP contribution in [0.2, 0.25) is 0 Å². The van der Waals surface area contributed by atoms with Gasteiger partial charge in [0.15, 0.2) is 0 Å². The molecular weight excluding hydrogens is 486 g/mol. The third-order valence-corrected chi connectivity index (χ3v) is 8.25. The van der Waals surface area contributed by atoms with Gasteiger partial charge in [-0.25, -0.2) is 19.9 Å². The van der Waals surface area contributed by atoms with Gasteiger partial charge in [0, 0.05) is 25.9 Å². The molecule has 178 valence electrons. The van der Waals surface area contributed by atoms with Crippen molar-refractivity contribution in [2.24, 2.45) is 0 Å². The molecule has 0 spiro atoms. The highest BCUT2D eigenvalue weighted by molar-refractivity contribution is 7.25. The highest BCUT2D eigenvalue weighted by atomic mass is 32.1. The lowest BCUT2D eigenvalue weighted by Gasteiger charge is -2.11. The van der Waals surface area contributed by atoms with E-state index in [0.717, 1.165) is 38.9 Å². The average molecular weight is 506 g/mol. The number of benzene rings is 4. The van der Waals surface area contributed by atoms with Crippen LogP contribution >= 0.6 is 11.3 Å². The van der Waals surface area contributed by atoms with Crippen LogP contribution in [0.15, 0.2) is 116 Å². The second-order valence-electron chi connectivity index (χ2n) is 9.29. The van der Waals surface area contributed by atoms with Gasteiger partial charge in [0.1, 0.15) is 23.7 Å². The van der Waals surface area contributed by atoms with E-state index in [4.69, 9.17) is 0 Å². The predicted octanol–water partition coefficient (Wildman–Crippen LogP) is 8.07. The molecule has 0 unspecified atom stereocenters. The summed E-state index contributed by atoms with van der Waals surface area (Å²) in [6, 6.07) is 32.7. The number of hydrogen-bond donors (Lipinski definition) is 0. The molecule has 4 aromatic carbocycles. The van der Waals surface area contributed by atoms with Gasteiger partial charge in [-0.15, -0.1) is 11.3 Å². The second-order valence-corrected chi connectivity index (χ2v) is 10.4. The zero-order valence-electron chi connectivity index (χ0n) is 20.1. The molecule has 8 aromatic rings. The summed E-state index contributed by atoms with van der Waals surface area (Å²) in [7, 11) is 0. The Bertz CT molecular complexity index is 2100. The van der Waals surface area contributed by atoms with E-state index in [1.165, 1.54) is 31.3 Å². The first-order valence-electron chi connectivity index (χ1n) is 12.4. The van der Waals surface area contributed by atoms with Gasteiger partial charge in [0.05, 0.1) is 23.4 Å². The van der Waals surface area contributed by atoms with Crippen LogP contribution in [0.5, 0.6) is 0 Å². The number of fused-ring (bicyclic) bond motifs is 6. The second kappa shape index (κ2) is 8.30. The number of nitrogens with zero attached hydrogens (tertiary/aromatic N) is 5. The van der Waals surface area contributed by atoms with Crippen LogP contribution in [0, 0.1) is 0 Å². The van der Waals surface area contributed by atoms with Crippen LogP contribution in [-0.4, -0.2) is 24.5 Å². The summed E-state index contributed by atoms with van der Waals surface area (Å²) in [5.74, 6) is 0. The molecule has 0 fully saturated rings. The fourth-order valence-corrected chi connectivity index (χ4v) is 6.44. The summed E-state index contributed by atoms with van der Waals surface area (Å²) in [5, 5.41) is 2.63. The molecule has 0 bridgehead atoms. The predicted molar refractivity (Wildman–Crippen MR) is 156 cm³/mol. The Hall–Kier alpha value is -4.94. The topological polar surface area (TPSA) is 56.5 Å². The first-order chi connectivity index (χ1) is 18.8. The lowest BCUT2D eigenvalue weighted by Crippen LogP contribution is -1.95. The summed E-state index contributed by atoms with van der Waals surface area (Å²) in [4.78, 5) is 17.5. The lowest BCUT2D eigenvalue weighted by molar-refractivity contribution is 1.13. The van der Waals surface area contributed by atoms with Crippen molar-refractivity contribution in [3.8, 4) is 27.9 Å². The third kappa shape index (κ3) is 3.24.